The fraction of sp³-hybridized carbons (Fsp3) is 0.900. The van der Waals surface area contributed by atoms with Crippen LogP contribution in [-0.2, 0) is 0 Å². The normalized spacial score (nSPS) is 41.8. The molecule has 1 unspecified atom stereocenters. The van der Waals surface area contributed by atoms with Gasteiger partial charge >= 0.3 is 0 Å². The number of hydrogen-bond donors (Lipinski definition) is 2. The fourth-order valence-corrected chi connectivity index (χ4v) is 2.78. The van der Waals surface area contributed by atoms with Crippen molar-refractivity contribution in [3.8, 4) is 0 Å². The molecular weight excluding hydrogens is 148 g/mol. The highest BCUT2D eigenvalue weighted by atomic mass is 15.0. The molecule has 0 radical (unpaired) electrons. The van der Waals surface area contributed by atoms with Crippen LogP contribution >= 0.6 is 0 Å². The van der Waals surface area contributed by atoms with Crippen LogP contribution in [-0.4, -0.2) is 11.9 Å². The monoisotopic (exact) mass is 166 g/mol. The first kappa shape index (κ1) is 8.09. The van der Waals surface area contributed by atoms with Crippen LogP contribution in [0.4, 0.5) is 0 Å². The highest BCUT2D eigenvalue weighted by molar-refractivity contribution is 5.80. The fourth-order valence-electron chi connectivity index (χ4n) is 2.78. The number of rotatable bonds is 0. The number of piperidine rings is 1. The highest BCUT2D eigenvalue weighted by Gasteiger charge is 2.33. The van der Waals surface area contributed by atoms with Gasteiger partial charge in [0.15, 0.2) is 0 Å². The van der Waals surface area contributed by atoms with E-state index in [0.29, 0.717) is 6.04 Å². The van der Waals surface area contributed by atoms with Crippen molar-refractivity contribution >= 4 is 5.84 Å². The molecule has 2 fully saturated rings. The summed E-state index contributed by atoms with van der Waals surface area (Å²) in [7, 11) is 0. The van der Waals surface area contributed by atoms with Gasteiger partial charge in [-0.15, -0.1) is 0 Å². The first-order valence-electron chi connectivity index (χ1n) is 5.11. The molecule has 1 heterocycles. The summed E-state index contributed by atoms with van der Waals surface area (Å²) in [5.74, 6) is 2.36. The van der Waals surface area contributed by atoms with E-state index in [2.05, 4.69) is 12.2 Å². The summed E-state index contributed by atoms with van der Waals surface area (Å²) >= 11 is 0. The molecule has 2 N–H and O–H groups in total. The van der Waals surface area contributed by atoms with Gasteiger partial charge in [-0.05, 0) is 24.7 Å². The van der Waals surface area contributed by atoms with E-state index in [1.165, 1.54) is 25.7 Å². The average molecular weight is 166 g/mol. The number of hydrogen-bond acceptors (Lipinski definition) is 1. The van der Waals surface area contributed by atoms with Crippen molar-refractivity contribution in [2.24, 2.45) is 11.8 Å². The van der Waals surface area contributed by atoms with Crippen molar-refractivity contribution in [1.82, 2.24) is 5.32 Å². The summed E-state index contributed by atoms with van der Waals surface area (Å²) in [5, 5.41) is 11.0. The van der Waals surface area contributed by atoms with E-state index < -0.39 is 0 Å². The van der Waals surface area contributed by atoms with Crippen LogP contribution in [0, 0.1) is 17.2 Å². The van der Waals surface area contributed by atoms with Gasteiger partial charge in [0.25, 0.3) is 0 Å². The Balaban J connectivity index is 2.06. The lowest BCUT2D eigenvalue weighted by Gasteiger charge is -2.41. The summed E-state index contributed by atoms with van der Waals surface area (Å²) in [6, 6.07) is 0.634. The third kappa shape index (κ3) is 1.35. The molecular formula is C10H18N2. The van der Waals surface area contributed by atoms with E-state index in [9.17, 15) is 0 Å². The van der Waals surface area contributed by atoms with Gasteiger partial charge in [0.1, 0.15) is 0 Å². The van der Waals surface area contributed by atoms with Crippen molar-refractivity contribution in [3.05, 3.63) is 0 Å². The Morgan fingerprint density at radius 3 is 2.92 bits per heavy atom. The van der Waals surface area contributed by atoms with E-state index in [4.69, 9.17) is 5.41 Å². The summed E-state index contributed by atoms with van der Waals surface area (Å²) in [6.07, 6.45) is 6.40. The molecule has 0 aromatic heterocycles. The molecule has 1 aliphatic heterocycles. The van der Waals surface area contributed by atoms with Crippen molar-refractivity contribution < 1.29 is 0 Å². The molecule has 0 amide bonds. The van der Waals surface area contributed by atoms with Gasteiger partial charge in [0.05, 0.1) is 5.84 Å². The second-order valence-electron chi connectivity index (χ2n) is 4.36. The quantitative estimate of drug-likeness (QED) is 0.568. The SMILES string of the molecule is C[C@H]1CC(=N)NC2CCCC[C@@H]21. The maximum Gasteiger partial charge on any atom is 0.0936 e. The highest BCUT2D eigenvalue weighted by Crippen LogP contribution is 2.34. The minimum absolute atomic E-state index is 0.634. The zero-order valence-electron chi connectivity index (χ0n) is 7.77. The Labute approximate surface area is 74.2 Å². The van der Waals surface area contributed by atoms with Crippen LogP contribution in [0.5, 0.6) is 0 Å². The van der Waals surface area contributed by atoms with E-state index in [1.807, 2.05) is 0 Å². The lowest BCUT2D eigenvalue weighted by Crippen LogP contribution is -2.49. The molecule has 12 heavy (non-hydrogen) atoms. The van der Waals surface area contributed by atoms with Crippen LogP contribution in [0.15, 0.2) is 0 Å². The second-order valence-corrected chi connectivity index (χ2v) is 4.36. The largest absolute Gasteiger partial charge is 0.371 e. The number of fused-ring (bicyclic) bond motifs is 1. The predicted molar refractivity (Wildman–Crippen MR) is 50.4 cm³/mol. The molecule has 1 saturated carbocycles. The van der Waals surface area contributed by atoms with Gasteiger partial charge in [-0.1, -0.05) is 19.8 Å². The summed E-state index contributed by atoms with van der Waals surface area (Å²) in [5.41, 5.74) is 0. The molecule has 0 aromatic carbocycles. The number of nitrogens with one attached hydrogen (secondary N) is 2. The van der Waals surface area contributed by atoms with Gasteiger partial charge in [0.2, 0.25) is 0 Å². The van der Waals surface area contributed by atoms with Gasteiger partial charge in [-0.25, -0.2) is 0 Å². The average Bonchev–Trinajstić information content (AvgIpc) is 2.04. The molecule has 2 nitrogen and oxygen atoms in total. The smallest absolute Gasteiger partial charge is 0.0936 e. The minimum Gasteiger partial charge on any atom is -0.371 e. The molecule has 1 aliphatic carbocycles. The first-order chi connectivity index (χ1) is 5.77. The third-order valence-electron chi connectivity index (χ3n) is 3.44. The third-order valence-corrected chi connectivity index (χ3v) is 3.44. The van der Waals surface area contributed by atoms with E-state index in [0.717, 1.165) is 24.1 Å². The molecule has 0 aromatic rings. The van der Waals surface area contributed by atoms with Crippen LogP contribution in [0.2, 0.25) is 0 Å². The van der Waals surface area contributed by atoms with Gasteiger partial charge in [-0.2, -0.15) is 0 Å². The van der Waals surface area contributed by atoms with Gasteiger partial charge < -0.3 is 5.32 Å². The Morgan fingerprint density at radius 1 is 1.33 bits per heavy atom. The molecule has 1 saturated heterocycles. The lowest BCUT2D eigenvalue weighted by atomic mass is 9.73. The molecule has 2 heteroatoms. The van der Waals surface area contributed by atoms with Crippen molar-refractivity contribution in [2.45, 2.75) is 45.1 Å². The lowest BCUT2D eigenvalue weighted by molar-refractivity contribution is 0.196. The van der Waals surface area contributed by atoms with E-state index in [1.54, 1.807) is 0 Å². The molecule has 68 valence electrons. The predicted octanol–water partition coefficient (Wildman–Crippen LogP) is 2.15. The zero-order valence-corrected chi connectivity index (χ0v) is 7.77. The molecule has 2 rings (SSSR count). The first-order valence-corrected chi connectivity index (χ1v) is 5.11. The topological polar surface area (TPSA) is 35.9 Å². The summed E-state index contributed by atoms with van der Waals surface area (Å²) in [6.45, 7) is 2.30. The molecule has 2 aliphatic rings. The summed E-state index contributed by atoms with van der Waals surface area (Å²) in [4.78, 5) is 0. The maximum absolute atomic E-state index is 7.63. The summed E-state index contributed by atoms with van der Waals surface area (Å²) < 4.78 is 0. The zero-order chi connectivity index (χ0) is 8.55. The number of amidine groups is 1. The van der Waals surface area contributed by atoms with Crippen molar-refractivity contribution in [3.63, 3.8) is 0 Å². The Kier molecular flexibility index (Phi) is 2.07. The van der Waals surface area contributed by atoms with Gasteiger partial charge in [-0.3, -0.25) is 5.41 Å². The standard InChI is InChI=1S/C10H18N2/c1-7-6-10(11)12-9-5-3-2-4-8(7)9/h7-9H,2-6H2,1H3,(H2,11,12)/t7-,8+,9?/m0/s1. The van der Waals surface area contributed by atoms with Crippen LogP contribution in [0.3, 0.4) is 0 Å². The maximum atomic E-state index is 7.63. The molecule has 0 spiro atoms. The molecule has 3 atom stereocenters. The Morgan fingerprint density at radius 2 is 2.08 bits per heavy atom. The van der Waals surface area contributed by atoms with Crippen LogP contribution in [0.1, 0.15) is 39.0 Å². The minimum atomic E-state index is 0.634. The Bertz CT molecular complexity index is 188. The van der Waals surface area contributed by atoms with Crippen molar-refractivity contribution in [2.75, 3.05) is 0 Å². The molecule has 0 bridgehead atoms. The van der Waals surface area contributed by atoms with E-state index >= 15 is 0 Å². The van der Waals surface area contributed by atoms with Gasteiger partial charge in [0, 0.05) is 12.5 Å². The Hall–Kier alpha value is -0.530. The van der Waals surface area contributed by atoms with Crippen LogP contribution < -0.4 is 5.32 Å². The van der Waals surface area contributed by atoms with E-state index in [-0.39, 0.29) is 0 Å². The second kappa shape index (κ2) is 3.08. The van der Waals surface area contributed by atoms with Crippen LogP contribution in [0.25, 0.3) is 0 Å². The van der Waals surface area contributed by atoms with Crippen molar-refractivity contribution in [1.29, 1.82) is 5.41 Å².